The third-order valence-corrected chi connectivity index (χ3v) is 3.62. The highest BCUT2D eigenvalue weighted by Gasteiger charge is 2.06. The normalized spacial score (nSPS) is 10.6. The first-order valence-corrected chi connectivity index (χ1v) is 6.91. The molecule has 18 heavy (non-hydrogen) atoms. The molecule has 1 aromatic heterocycles. The molecule has 0 aliphatic heterocycles. The van der Waals surface area contributed by atoms with E-state index in [0.717, 1.165) is 34.0 Å². The quantitative estimate of drug-likeness (QED) is 0.901. The Morgan fingerprint density at radius 2 is 2.00 bits per heavy atom. The first kappa shape index (κ1) is 13.1. The molecule has 2 N–H and O–H groups in total. The van der Waals surface area contributed by atoms with E-state index in [4.69, 9.17) is 10.5 Å². The van der Waals surface area contributed by atoms with E-state index in [9.17, 15) is 0 Å². The number of aromatic nitrogens is 1. The summed E-state index contributed by atoms with van der Waals surface area (Å²) in [7, 11) is 0. The maximum absolute atomic E-state index is 5.86. The minimum atomic E-state index is 0.529. The lowest BCUT2D eigenvalue weighted by Crippen LogP contribution is -2.03. The van der Waals surface area contributed by atoms with E-state index in [1.807, 2.05) is 6.07 Å². The van der Waals surface area contributed by atoms with Crippen LogP contribution >= 0.6 is 11.3 Å². The maximum atomic E-state index is 5.86. The molecule has 96 valence electrons. The van der Waals surface area contributed by atoms with E-state index in [1.165, 1.54) is 0 Å². The highest BCUT2D eigenvalue weighted by molar-refractivity contribution is 7.09. The summed E-state index contributed by atoms with van der Waals surface area (Å²) in [4.78, 5) is 4.49. The highest BCUT2D eigenvalue weighted by atomic mass is 32.1. The Morgan fingerprint density at radius 3 is 2.67 bits per heavy atom. The molecule has 0 saturated carbocycles. The van der Waals surface area contributed by atoms with Crippen molar-refractivity contribution in [2.75, 3.05) is 6.54 Å². The number of aryl methyl sites for hydroxylation is 2. The van der Waals surface area contributed by atoms with Crippen molar-refractivity contribution in [3.63, 3.8) is 0 Å². The lowest BCUT2D eigenvalue weighted by molar-refractivity contribution is 0.301. The number of hydrogen-bond acceptors (Lipinski definition) is 4. The standard InChI is InChI=1S/C14H18N2OS/c1-10-4-3-5-11(2)14(10)17-8-13-16-12(6-7-15)9-18-13/h3-5,9H,6-8,15H2,1-2H3. The SMILES string of the molecule is Cc1cccc(C)c1OCc1nc(CCN)cs1. The monoisotopic (exact) mass is 262 g/mol. The molecular formula is C14H18N2OS. The molecule has 1 aromatic carbocycles. The molecule has 0 atom stereocenters. The summed E-state index contributed by atoms with van der Waals surface area (Å²) in [6.45, 7) is 5.29. The fourth-order valence-electron chi connectivity index (χ4n) is 1.84. The van der Waals surface area contributed by atoms with Gasteiger partial charge in [-0.2, -0.15) is 0 Å². The van der Waals surface area contributed by atoms with Crippen LogP contribution in [-0.2, 0) is 13.0 Å². The fourth-order valence-corrected chi connectivity index (χ4v) is 2.58. The lowest BCUT2D eigenvalue weighted by atomic mass is 10.1. The second kappa shape index (κ2) is 5.98. The van der Waals surface area contributed by atoms with Gasteiger partial charge in [-0.05, 0) is 31.5 Å². The van der Waals surface area contributed by atoms with E-state index < -0.39 is 0 Å². The molecule has 0 fully saturated rings. The molecule has 0 saturated heterocycles. The zero-order chi connectivity index (χ0) is 13.0. The van der Waals surface area contributed by atoms with Crippen LogP contribution in [0.5, 0.6) is 5.75 Å². The van der Waals surface area contributed by atoms with Crippen molar-refractivity contribution in [1.82, 2.24) is 4.98 Å². The zero-order valence-corrected chi connectivity index (χ0v) is 11.6. The molecule has 4 heteroatoms. The first-order valence-electron chi connectivity index (χ1n) is 6.03. The molecule has 0 aliphatic rings. The molecule has 3 nitrogen and oxygen atoms in total. The summed E-state index contributed by atoms with van der Waals surface area (Å²) < 4.78 is 5.86. The van der Waals surface area contributed by atoms with Crippen molar-refractivity contribution in [1.29, 1.82) is 0 Å². The van der Waals surface area contributed by atoms with Crippen LogP contribution in [0.25, 0.3) is 0 Å². The molecule has 0 spiro atoms. The van der Waals surface area contributed by atoms with Gasteiger partial charge in [-0.1, -0.05) is 18.2 Å². The molecule has 0 unspecified atom stereocenters. The predicted octanol–water partition coefficient (Wildman–Crippen LogP) is 2.84. The number of benzene rings is 1. The topological polar surface area (TPSA) is 48.1 Å². The number of nitrogens with zero attached hydrogens (tertiary/aromatic N) is 1. The van der Waals surface area contributed by atoms with E-state index >= 15 is 0 Å². The summed E-state index contributed by atoms with van der Waals surface area (Å²) in [5.41, 5.74) is 8.89. The van der Waals surface area contributed by atoms with Crippen molar-refractivity contribution < 1.29 is 4.74 Å². The number of rotatable bonds is 5. The van der Waals surface area contributed by atoms with Gasteiger partial charge in [-0.25, -0.2) is 4.98 Å². The molecule has 2 aromatic rings. The van der Waals surface area contributed by atoms with Gasteiger partial charge >= 0.3 is 0 Å². The van der Waals surface area contributed by atoms with Gasteiger partial charge in [-0.15, -0.1) is 11.3 Å². The smallest absolute Gasteiger partial charge is 0.140 e. The van der Waals surface area contributed by atoms with E-state index in [0.29, 0.717) is 13.2 Å². The number of thiazole rings is 1. The Kier molecular flexibility index (Phi) is 4.33. The van der Waals surface area contributed by atoms with Crippen LogP contribution in [0.2, 0.25) is 0 Å². The van der Waals surface area contributed by atoms with Crippen LogP contribution < -0.4 is 10.5 Å². The van der Waals surface area contributed by atoms with Crippen LogP contribution in [0.1, 0.15) is 21.8 Å². The summed E-state index contributed by atoms with van der Waals surface area (Å²) >= 11 is 1.63. The van der Waals surface area contributed by atoms with Gasteiger partial charge in [0.2, 0.25) is 0 Å². The van der Waals surface area contributed by atoms with Crippen LogP contribution in [0.4, 0.5) is 0 Å². The lowest BCUT2D eigenvalue weighted by Gasteiger charge is -2.10. The Hall–Kier alpha value is -1.39. The second-order valence-corrected chi connectivity index (χ2v) is 5.22. The van der Waals surface area contributed by atoms with Gasteiger partial charge in [0.05, 0.1) is 5.69 Å². The van der Waals surface area contributed by atoms with Gasteiger partial charge in [0.1, 0.15) is 17.4 Å². The Labute approximate surface area is 112 Å². The highest BCUT2D eigenvalue weighted by Crippen LogP contribution is 2.24. The fraction of sp³-hybridized carbons (Fsp3) is 0.357. The van der Waals surface area contributed by atoms with Gasteiger partial charge in [0, 0.05) is 11.8 Å². The van der Waals surface area contributed by atoms with Crippen molar-refractivity contribution in [2.45, 2.75) is 26.9 Å². The zero-order valence-electron chi connectivity index (χ0n) is 10.8. The van der Waals surface area contributed by atoms with E-state index in [-0.39, 0.29) is 0 Å². The van der Waals surface area contributed by atoms with Crippen molar-refractivity contribution in [3.05, 3.63) is 45.4 Å². The van der Waals surface area contributed by atoms with Gasteiger partial charge < -0.3 is 10.5 Å². The number of ether oxygens (including phenoxy) is 1. The summed E-state index contributed by atoms with van der Waals surface area (Å²) in [5.74, 6) is 0.966. The van der Waals surface area contributed by atoms with E-state index in [1.54, 1.807) is 11.3 Å². The largest absolute Gasteiger partial charge is 0.486 e. The Morgan fingerprint density at radius 1 is 1.28 bits per heavy atom. The van der Waals surface area contributed by atoms with Crippen molar-refractivity contribution in [3.8, 4) is 5.75 Å². The number of para-hydroxylation sites is 1. The summed E-state index contributed by atoms with van der Waals surface area (Å²) in [6.07, 6.45) is 0.833. The third kappa shape index (κ3) is 3.09. The maximum Gasteiger partial charge on any atom is 0.140 e. The summed E-state index contributed by atoms with van der Waals surface area (Å²) in [5, 5.41) is 3.05. The molecule has 1 heterocycles. The molecule has 2 rings (SSSR count). The van der Waals surface area contributed by atoms with Crippen LogP contribution in [0.15, 0.2) is 23.6 Å². The molecule has 0 bridgehead atoms. The minimum absolute atomic E-state index is 0.529. The Balaban J connectivity index is 2.02. The average molecular weight is 262 g/mol. The molecule has 0 amide bonds. The van der Waals surface area contributed by atoms with E-state index in [2.05, 4.69) is 36.3 Å². The van der Waals surface area contributed by atoms with Crippen LogP contribution in [0, 0.1) is 13.8 Å². The molecule has 0 aliphatic carbocycles. The van der Waals surface area contributed by atoms with Crippen molar-refractivity contribution in [2.24, 2.45) is 5.73 Å². The molecular weight excluding hydrogens is 244 g/mol. The van der Waals surface area contributed by atoms with Crippen molar-refractivity contribution >= 4 is 11.3 Å². The molecule has 0 radical (unpaired) electrons. The minimum Gasteiger partial charge on any atom is -0.486 e. The number of nitrogens with two attached hydrogens (primary N) is 1. The summed E-state index contributed by atoms with van der Waals surface area (Å²) in [6, 6.07) is 6.16. The van der Waals surface area contributed by atoms with Gasteiger partial charge in [0.15, 0.2) is 0 Å². The van der Waals surface area contributed by atoms with Crippen LogP contribution in [-0.4, -0.2) is 11.5 Å². The first-order chi connectivity index (χ1) is 8.70. The predicted molar refractivity (Wildman–Crippen MR) is 75.1 cm³/mol. The van der Waals surface area contributed by atoms with Gasteiger partial charge in [0.25, 0.3) is 0 Å². The van der Waals surface area contributed by atoms with Crippen LogP contribution in [0.3, 0.4) is 0 Å². The second-order valence-electron chi connectivity index (χ2n) is 4.28. The number of hydrogen-bond donors (Lipinski definition) is 1. The third-order valence-electron chi connectivity index (χ3n) is 2.75. The van der Waals surface area contributed by atoms with Gasteiger partial charge in [-0.3, -0.25) is 0 Å². The average Bonchev–Trinajstić information content (AvgIpc) is 2.77. The Bertz CT molecular complexity index is 502.